The third kappa shape index (κ3) is 11.1. The fourth-order valence-electron chi connectivity index (χ4n) is 0. The average Bonchev–Trinajstić information content (AvgIpc) is 1.00. The molecule has 0 aliphatic carbocycles. The molecule has 0 heterocycles. The van der Waals surface area contributed by atoms with E-state index < -0.39 is 0 Å². The molecular formula is LiOSSe. The van der Waals surface area contributed by atoms with Crippen LogP contribution in [0.15, 0.2) is 0 Å². The van der Waals surface area contributed by atoms with E-state index in [1.54, 1.807) is 0 Å². The van der Waals surface area contributed by atoms with Crippen LogP contribution in [0.5, 0.6) is 0 Å². The third-order valence-corrected chi connectivity index (χ3v) is 0. The minimum Gasteiger partial charge on any atom is -0.197 e. The largest absolute Gasteiger partial charge is 0.197 e. The zero-order valence-electron chi connectivity index (χ0n) is 2.22. The Balaban J connectivity index is -0.00000000500. The van der Waals surface area contributed by atoms with Crippen molar-refractivity contribution in [2.75, 3.05) is 0 Å². The molecule has 19 valence electrons. The first kappa shape index (κ1) is 19.3. The van der Waals surface area contributed by atoms with Gasteiger partial charge in [-0.2, -0.15) is 4.21 Å². The van der Waals surface area contributed by atoms with Crippen LogP contribution in [0.2, 0.25) is 0 Å². The molecule has 0 aliphatic rings. The van der Waals surface area contributed by atoms with Crippen LogP contribution in [-0.2, 0) is 12.5 Å². The van der Waals surface area contributed by atoms with Crippen molar-refractivity contribution in [3.05, 3.63) is 0 Å². The van der Waals surface area contributed by atoms with Crippen molar-refractivity contribution in [3.63, 3.8) is 0 Å². The molecule has 0 aliphatic heterocycles. The van der Waals surface area contributed by atoms with Crippen molar-refractivity contribution < 1.29 is 4.21 Å². The van der Waals surface area contributed by atoms with Gasteiger partial charge in [-0.25, -0.2) is 0 Å². The second-order valence-electron chi connectivity index (χ2n) is 0. The van der Waals surface area contributed by atoms with E-state index in [1.165, 1.54) is 0 Å². The summed E-state index contributed by atoms with van der Waals surface area (Å²) in [5.74, 6) is 0. The van der Waals surface area contributed by atoms with Gasteiger partial charge in [-0.15, -0.1) is 0 Å². The molecular weight excluding hydrogens is 134 g/mol. The minimum atomic E-state index is 0. The van der Waals surface area contributed by atoms with Crippen LogP contribution in [0.3, 0.4) is 0 Å². The van der Waals surface area contributed by atoms with E-state index in [9.17, 15) is 0 Å². The minimum absolute atomic E-state index is 0. The molecule has 0 atom stereocenters. The van der Waals surface area contributed by atoms with Gasteiger partial charge in [-0.3, -0.25) is 0 Å². The predicted molar refractivity (Wildman–Crippen MR) is 19.7 cm³/mol. The van der Waals surface area contributed by atoms with Crippen molar-refractivity contribution in [2.45, 2.75) is 0 Å². The molecule has 0 bridgehead atoms. The molecule has 1 nitrogen and oxygen atoms in total. The van der Waals surface area contributed by atoms with Crippen LogP contribution in [0.1, 0.15) is 0 Å². The monoisotopic (exact) mass is 135 g/mol. The van der Waals surface area contributed by atoms with Gasteiger partial charge in [-0.1, -0.05) is 0 Å². The Labute approximate surface area is 52.7 Å². The maximum Gasteiger partial charge on any atom is 0.197 e. The van der Waals surface area contributed by atoms with Gasteiger partial charge < -0.3 is 0 Å². The summed E-state index contributed by atoms with van der Waals surface area (Å²) in [5, 5.41) is 0. The summed E-state index contributed by atoms with van der Waals surface area (Å²) >= 11 is 2.83. The zero-order chi connectivity index (χ0) is 2.00. The zero-order valence-corrected chi connectivity index (χ0v) is 4.75. The second-order valence-corrected chi connectivity index (χ2v) is 0. The van der Waals surface area contributed by atoms with Crippen LogP contribution >= 0.6 is 0 Å². The van der Waals surface area contributed by atoms with Crippen molar-refractivity contribution in [1.29, 1.82) is 0 Å². The fourth-order valence-corrected chi connectivity index (χ4v) is 0. The molecule has 0 N–H and O–H groups in total. The van der Waals surface area contributed by atoms with Crippen LogP contribution in [0.25, 0.3) is 0 Å². The molecule has 0 unspecified atom stereocenters. The Morgan fingerprint density at radius 1 is 1.25 bits per heavy atom. The van der Waals surface area contributed by atoms with Gasteiger partial charge in [0, 0.05) is 35.9 Å². The molecule has 0 saturated carbocycles. The number of rotatable bonds is 0. The molecule has 0 spiro atoms. The molecule has 0 saturated heterocycles. The SMILES string of the molecule is O=S.[Li].[Se]. The summed E-state index contributed by atoms with van der Waals surface area (Å²) in [4.78, 5) is 0. The molecule has 4 heavy (non-hydrogen) atoms. The van der Waals surface area contributed by atoms with Crippen LogP contribution in [0.4, 0.5) is 0 Å². The molecule has 0 aromatic heterocycles. The molecule has 0 rings (SSSR count). The molecule has 4 heteroatoms. The summed E-state index contributed by atoms with van der Waals surface area (Å²) in [5.41, 5.74) is 0. The predicted octanol–water partition coefficient (Wildman–Crippen LogP) is -1.10. The molecule has 0 aromatic carbocycles. The van der Waals surface area contributed by atoms with E-state index in [2.05, 4.69) is 12.5 Å². The van der Waals surface area contributed by atoms with Crippen molar-refractivity contribution >= 4 is 48.5 Å². The fraction of sp³-hybridized carbons (Fsp3) is 0. The summed E-state index contributed by atoms with van der Waals surface area (Å²) < 4.78 is 7.83. The quantitative estimate of drug-likeness (QED) is 0.391. The Hall–Kier alpha value is 1.14. The van der Waals surface area contributed by atoms with E-state index in [-0.39, 0.29) is 35.9 Å². The Morgan fingerprint density at radius 3 is 1.25 bits per heavy atom. The van der Waals surface area contributed by atoms with E-state index in [4.69, 9.17) is 4.21 Å². The summed E-state index contributed by atoms with van der Waals surface area (Å²) in [6, 6.07) is 0. The molecule has 3 radical (unpaired) electrons. The van der Waals surface area contributed by atoms with Crippen LogP contribution in [-0.4, -0.2) is 40.1 Å². The van der Waals surface area contributed by atoms with E-state index in [1.807, 2.05) is 0 Å². The Morgan fingerprint density at radius 2 is 1.25 bits per heavy atom. The molecule has 0 fully saturated rings. The first-order valence-electron chi connectivity index (χ1n) is 0.167. The van der Waals surface area contributed by atoms with Gasteiger partial charge in [0.25, 0.3) is 0 Å². The standard InChI is InChI=1S/Li.OS.Se/c;1-2;. The van der Waals surface area contributed by atoms with Crippen LogP contribution < -0.4 is 0 Å². The maximum atomic E-state index is 7.83. The number of hydrogen-bond donors (Lipinski definition) is 0. The Bertz CT molecular complexity index is 8.00. The van der Waals surface area contributed by atoms with Gasteiger partial charge in [0.15, 0.2) is 12.5 Å². The van der Waals surface area contributed by atoms with E-state index in [0.717, 1.165) is 0 Å². The molecule has 0 aromatic rings. The molecule has 0 amide bonds. The topological polar surface area (TPSA) is 17.1 Å². The smallest absolute Gasteiger partial charge is 0.197 e. The van der Waals surface area contributed by atoms with Gasteiger partial charge in [0.1, 0.15) is 0 Å². The van der Waals surface area contributed by atoms with Crippen molar-refractivity contribution in [3.8, 4) is 0 Å². The van der Waals surface area contributed by atoms with Crippen molar-refractivity contribution in [2.24, 2.45) is 0 Å². The van der Waals surface area contributed by atoms with Crippen molar-refractivity contribution in [1.82, 2.24) is 0 Å². The van der Waals surface area contributed by atoms with Crippen LogP contribution in [0, 0.1) is 0 Å². The summed E-state index contributed by atoms with van der Waals surface area (Å²) in [7, 11) is 0. The third-order valence-electron chi connectivity index (χ3n) is 0. The maximum absolute atomic E-state index is 7.83. The first-order valence-corrected chi connectivity index (χ1v) is 0.500. The average molecular weight is 134 g/mol. The summed E-state index contributed by atoms with van der Waals surface area (Å²) in [6.45, 7) is 0. The second kappa shape index (κ2) is 31.5. The van der Waals surface area contributed by atoms with E-state index >= 15 is 0 Å². The summed E-state index contributed by atoms with van der Waals surface area (Å²) in [6.07, 6.45) is 0. The Kier molecular flexibility index (Phi) is 152. The number of hydrogen-bond acceptors (Lipinski definition) is 2. The van der Waals surface area contributed by atoms with Gasteiger partial charge >= 0.3 is 0 Å². The van der Waals surface area contributed by atoms with Gasteiger partial charge in [-0.05, 0) is 0 Å². The van der Waals surface area contributed by atoms with Gasteiger partial charge in [0.05, 0.1) is 0 Å². The van der Waals surface area contributed by atoms with E-state index in [0.29, 0.717) is 0 Å². The van der Waals surface area contributed by atoms with Gasteiger partial charge in [0.2, 0.25) is 0 Å². The first-order chi connectivity index (χ1) is 1.00. The normalized spacial score (nSPS) is 1.00.